The zero-order chi connectivity index (χ0) is 16.1. The van der Waals surface area contributed by atoms with Gasteiger partial charge in [-0.25, -0.2) is 0 Å². The average molecular weight is 307 g/mol. The van der Waals surface area contributed by atoms with Gasteiger partial charge >= 0.3 is 0 Å². The van der Waals surface area contributed by atoms with Gasteiger partial charge in [0.1, 0.15) is 11.5 Å². The molecule has 1 amide bonds. The number of ether oxygens (including phenoxy) is 2. The number of rotatable bonds is 6. The molecule has 1 aliphatic rings. The quantitative estimate of drug-likeness (QED) is 0.820. The number of anilines is 1. The van der Waals surface area contributed by atoms with E-state index in [4.69, 9.17) is 15.2 Å². The number of nitrogens with two attached hydrogens (primary N) is 1. The molecule has 0 saturated carbocycles. The third-order valence-corrected chi connectivity index (χ3v) is 3.97. The first-order valence-corrected chi connectivity index (χ1v) is 7.54. The van der Waals surface area contributed by atoms with Gasteiger partial charge in [-0.2, -0.15) is 0 Å². The number of nitrogens with one attached hydrogen (secondary N) is 1. The fourth-order valence-corrected chi connectivity index (χ4v) is 2.61. The summed E-state index contributed by atoms with van der Waals surface area (Å²) >= 11 is 0. The Morgan fingerprint density at radius 1 is 1.36 bits per heavy atom. The van der Waals surface area contributed by atoms with Crippen LogP contribution in [0.4, 0.5) is 5.69 Å². The first-order chi connectivity index (χ1) is 10.5. The van der Waals surface area contributed by atoms with Gasteiger partial charge in [0.15, 0.2) is 0 Å². The largest absolute Gasteiger partial charge is 0.497 e. The van der Waals surface area contributed by atoms with Gasteiger partial charge in [-0.05, 0) is 19.3 Å². The summed E-state index contributed by atoms with van der Waals surface area (Å²) in [7, 11) is 3.30. The van der Waals surface area contributed by atoms with Crippen molar-refractivity contribution in [2.75, 3.05) is 38.8 Å². The molecule has 1 unspecified atom stereocenters. The first-order valence-electron chi connectivity index (χ1n) is 7.54. The summed E-state index contributed by atoms with van der Waals surface area (Å²) in [5.74, 6) is 1.90. The van der Waals surface area contributed by atoms with Gasteiger partial charge in [0.25, 0.3) is 0 Å². The molecule has 3 N–H and O–H groups in total. The van der Waals surface area contributed by atoms with E-state index in [0.717, 1.165) is 36.7 Å². The average Bonchev–Trinajstić information content (AvgIpc) is 3.00. The number of hydrogen-bond donors (Lipinski definition) is 2. The molecule has 2 rings (SSSR count). The second kappa shape index (κ2) is 7.35. The Balaban J connectivity index is 1.96. The van der Waals surface area contributed by atoms with Crippen molar-refractivity contribution in [2.24, 2.45) is 11.7 Å². The number of carbonyl (C=O) groups is 1. The van der Waals surface area contributed by atoms with Crippen molar-refractivity contribution in [1.29, 1.82) is 0 Å². The molecular formula is C16H25N3O3. The van der Waals surface area contributed by atoms with E-state index in [1.807, 2.05) is 18.2 Å². The van der Waals surface area contributed by atoms with E-state index in [2.05, 4.69) is 10.2 Å². The Kier molecular flexibility index (Phi) is 5.49. The number of hydrogen-bond acceptors (Lipinski definition) is 5. The van der Waals surface area contributed by atoms with E-state index >= 15 is 0 Å². The van der Waals surface area contributed by atoms with Crippen LogP contribution in [0.3, 0.4) is 0 Å². The van der Waals surface area contributed by atoms with Crippen molar-refractivity contribution < 1.29 is 14.3 Å². The molecule has 1 saturated heterocycles. The standard InChI is InChI=1S/C16H25N3O3/c1-11(17)16(20)18-9-12-4-5-19(10-12)13-6-14(21-2)8-15(7-13)22-3/h6-8,11-12H,4-5,9-10,17H2,1-3H3,(H,18,20)/t11-,12?/m1/s1. The van der Waals surface area contributed by atoms with E-state index in [1.54, 1.807) is 21.1 Å². The molecule has 6 heteroatoms. The number of amides is 1. The molecule has 0 aliphatic carbocycles. The van der Waals surface area contributed by atoms with Crippen molar-refractivity contribution in [3.8, 4) is 11.5 Å². The summed E-state index contributed by atoms with van der Waals surface area (Å²) in [5, 5.41) is 2.90. The van der Waals surface area contributed by atoms with Gasteiger partial charge < -0.3 is 25.4 Å². The predicted molar refractivity (Wildman–Crippen MR) is 86.5 cm³/mol. The molecule has 1 aliphatic heterocycles. The van der Waals surface area contributed by atoms with Gasteiger partial charge in [0.05, 0.1) is 20.3 Å². The molecule has 1 aromatic rings. The zero-order valence-corrected chi connectivity index (χ0v) is 13.5. The Morgan fingerprint density at radius 2 is 2.00 bits per heavy atom. The third-order valence-electron chi connectivity index (χ3n) is 3.97. The lowest BCUT2D eigenvalue weighted by molar-refractivity contribution is -0.122. The Hall–Kier alpha value is -1.95. The number of carbonyl (C=O) groups excluding carboxylic acids is 1. The maximum Gasteiger partial charge on any atom is 0.236 e. The van der Waals surface area contributed by atoms with Crippen molar-refractivity contribution >= 4 is 11.6 Å². The number of nitrogens with zero attached hydrogens (tertiary/aromatic N) is 1. The maximum absolute atomic E-state index is 11.5. The van der Waals surface area contributed by atoms with Crippen molar-refractivity contribution in [3.63, 3.8) is 0 Å². The fraction of sp³-hybridized carbons (Fsp3) is 0.562. The van der Waals surface area contributed by atoms with E-state index in [0.29, 0.717) is 12.5 Å². The third kappa shape index (κ3) is 4.04. The van der Waals surface area contributed by atoms with Crippen LogP contribution in [0, 0.1) is 5.92 Å². The molecule has 0 spiro atoms. The van der Waals surface area contributed by atoms with Gasteiger partial charge in [-0.15, -0.1) is 0 Å². The number of benzene rings is 1. The normalized spacial score (nSPS) is 18.9. The molecule has 0 bridgehead atoms. The molecule has 1 fully saturated rings. The van der Waals surface area contributed by atoms with Crippen molar-refractivity contribution in [2.45, 2.75) is 19.4 Å². The van der Waals surface area contributed by atoms with Crippen LogP contribution < -0.4 is 25.4 Å². The van der Waals surface area contributed by atoms with Crippen LogP contribution in [-0.2, 0) is 4.79 Å². The minimum absolute atomic E-state index is 0.0958. The summed E-state index contributed by atoms with van der Waals surface area (Å²) in [6.07, 6.45) is 1.04. The van der Waals surface area contributed by atoms with Crippen LogP contribution in [0.2, 0.25) is 0 Å². The van der Waals surface area contributed by atoms with Gasteiger partial charge in [0, 0.05) is 43.5 Å². The topological polar surface area (TPSA) is 76.8 Å². The summed E-state index contributed by atoms with van der Waals surface area (Å²) in [6.45, 7) is 4.21. The first kappa shape index (κ1) is 16.4. The molecule has 1 aromatic carbocycles. The van der Waals surface area contributed by atoms with Crippen LogP contribution >= 0.6 is 0 Å². The lowest BCUT2D eigenvalue weighted by Gasteiger charge is -2.20. The minimum atomic E-state index is -0.458. The minimum Gasteiger partial charge on any atom is -0.497 e. The summed E-state index contributed by atoms with van der Waals surface area (Å²) < 4.78 is 10.6. The zero-order valence-electron chi connectivity index (χ0n) is 13.5. The van der Waals surface area contributed by atoms with Gasteiger partial charge in [0.2, 0.25) is 5.91 Å². The molecule has 22 heavy (non-hydrogen) atoms. The van der Waals surface area contributed by atoms with Crippen LogP contribution in [0.15, 0.2) is 18.2 Å². The van der Waals surface area contributed by atoms with Crippen LogP contribution in [-0.4, -0.2) is 45.8 Å². The highest BCUT2D eigenvalue weighted by molar-refractivity contribution is 5.80. The molecule has 1 heterocycles. The van der Waals surface area contributed by atoms with Crippen molar-refractivity contribution in [3.05, 3.63) is 18.2 Å². The lowest BCUT2D eigenvalue weighted by atomic mass is 10.1. The summed E-state index contributed by atoms with van der Waals surface area (Å²) in [4.78, 5) is 13.8. The Morgan fingerprint density at radius 3 is 2.55 bits per heavy atom. The fourth-order valence-electron chi connectivity index (χ4n) is 2.61. The Bertz CT molecular complexity index is 497. The SMILES string of the molecule is COc1cc(OC)cc(N2CCC(CNC(=O)[C@@H](C)N)C2)c1. The number of methoxy groups -OCH3 is 2. The van der Waals surface area contributed by atoms with Crippen LogP contribution in [0.5, 0.6) is 11.5 Å². The predicted octanol–water partition coefficient (Wildman–Crippen LogP) is 0.994. The summed E-state index contributed by atoms with van der Waals surface area (Å²) in [6, 6.07) is 5.41. The van der Waals surface area contributed by atoms with Gasteiger partial charge in [-0.3, -0.25) is 4.79 Å². The van der Waals surface area contributed by atoms with E-state index < -0.39 is 6.04 Å². The second-order valence-corrected chi connectivity index (χ2v) is 5.71. The maximum atomic E-state index is 11.5. The molecule has 6 nitrogen and oxygen atoms in total. The van der Waals surface area contributed by atoms with E-state index in [1.165, 1.54) is 0 Å². The molecule has 0 radical (unpaired) electrons. The van der Waals surface area contributed by atoms with Crippen molar-refractivity contribution in [1.82, 2.24) is 5.32 Å². The molecule has 2 atom stereocenters. The highest BCUT2D eigenvalue weighted by atomic mass is 16.5. The van der Waals surface area contributed by atoms with E-state index in [9.17, 15) is 4.79 Å². The van der Waals surface area contributed by atoms with Crippen LogP contribution in [0.25, 0.3) is 0 Å². The summed E-state index contributed by atoms with van der Waals surface area (Å²) in [5.41, 5.74) is 6.63. The monoisotopic (exact) mass is 307 g/mol. The molecular weight excluding hydrogens is 282 g/mol. The second-order valence-electron chi connectivity index (χ2n) is 5.71. The van der Waals surface area contributed by atoms with Crippen LogP contribution in [0.1, 0.15) is 13.3 Å². The van der Waals surface area contributed by atoms with Gasteiger partial charge in [-0.1, -0.05) is 0 Å². The van der Waals surface area contributed by atoms with E-state index in [-0.39, 0.29) is 5.91 Å². The molecule has 122 valence electrons. The lowest BCUT2D eigenvalue weighted by Crippen LogP contribution is -2.40. The highest BCUT2D eigenvalue weighted by Gasteiger charge is 2.24. The Labute approximate surface area is 131 Å². The highest BCUT2D eigenvalue weighted by Crippen LogP contribution is 2.31. The smallest absolute Gasteiger partial charge is 0.236 e. The molecule has 0 aromatic heterocycles.